The zero-order valence-corrected chi connectivity index (χ0v) is 16.9. The van der Waals surface area contributed by atoms with Crippen molar-refractivity contribution in [1.82, 2.24) is 14.8 Å². The highest BCUT2D eigenvalue weighted by Crippen LogP contribution is 2.17. The van der Waals surface area contributed by atoms with Crippen LogP contribution in [0.5, 0.6) is 0 Å². The molecule has 3 aromatic rings. The Balaban J connectivity index is 1.38. The van der Waals surface area contributed by atoms with E-state index in [2.05, 4.69) is 22.3 Å². The van der Waals surface area contributed by atoms with Crippen molar-refractivity contribution >= 4 is 28.4 Å². The molecule has 0 atom stereocenters. The molecule has 0 aliphatic carbocycles. The molecule has 154 valence electrons. The van der Waals surface area contributed by atoms with Crippen molar-refractivity contribution in [2.75, 3.05) is 37.6 Å². The monoisotopic (exact) mass is 404 g/mol. The fourth-order valence-electron chi connectivity index (χ4n) is 3.81. The van der Waals surface area contributed by atoms with Gasteiger partial charge in [0.25, 0.3) is 11.5 Å². The lowest BCUT2D eigenvalue weighted by Gasteiger charge is -2.36. The number of aryl methyl sites for hydroxylation is 1. The minimum absolute atomic E-state index is 0.0896. The van der Waals surface area contributed by atoms with E-state index < -0.39 is 5.91 Å². The maximum absolute atomic E-state index is 12.7. The summed E-state index contributed by atoms with van der Waals surface area (Å²) >= 11 is 0. The van der Waals surface area contributed by atoms with Crippen LogP contribution in [0.3, 0.4) is 0 Å². The van der Waals surface area contributed by atoms with Crippen molar-refractivity contribution < 1.29 is 9.59 Å². The van der Waals surface area contributed by atoms with Gasteiger partial charge in [-0.1, -0.05) is 36.4 Å². The van der Waals surface area contributed by atoms with Gasteiger partial charge in [0.05, 0.1) is 17.6 Å². The Morgan fingerprint density at radius 2 is 1.60 bits per heavy atom. The maximum atomic E-state index is 12.7. The summed E-state index contributed by atoms with van der Waals surface area (Å²) in [5, 5.41) is 3.37. The van der Waals surface area contributed by atoms with Crippen LogP contribution in [0.2, 0.25) is 0 Å². The van der Waals surface area contributed by atoms with Crippen molar-refractivity contribution in [3.63, 3.8) is 0 Å². The summed E-state index contributed by atoms with van der Waals surface area (Å²) in [4.78, 5) is 41.5. The van der Waals surface area contributed by atoms with Crippen LogP contribution in [-0.2, 0) is 11.8 Å². The molecule has 7 heteroatoms. The summed E-state index contributed by atoms with van der Waals surface area (Å²) in [5.41, 5.74) is 1.85. The molecule has 0 spiro atoms. The Kier molecular flexibility index (Phi) is 5.52. The second-order valence-electron chi connectivity index (χ2n) is 7.36. The van der Waals surface area contributed by atoms with Crippen LogP contribution in [0.25, 0.3) is 10.9 Å². The first-order chi connectivity index (χ1) is 14.5. The number of aromatic nitrogens is 1. The van der Waals surface area contributed by atoms with Gasteiger partial charge in [0.1, 0.15) is 0 Å². The number of hydrogen-bond acceptors (Lipinski definition) is 4. The zero-order chi connectivity index (χ0) is 21.1. The highest BCUT2D eigenvalue weighted by atomic mass is 16.2. The summed E-state index contributed by atoms with van der Waals surface area (Å²) in [7, 11) is 1.67. The minimum atomic E-state index is -0.417. The Bertz CT molecular complexity index is 1130. The van der Waals surface area contributed by atoms with Crippen molar-refractivity contribution in [1.29, 1.82) is 0 Å². The minimum Gasteiger partial charge on any atom is -0.368 e. The Morgan fingerprint density at radius 3 is 2.33 bits per heavy atom. The Hall–Kier alpha value is -3.61. The molecule has 2 heterocycles. The molecule has 0 bridgehead atoms. The summed E-state index contributed by atoms with van der Waals surface area (Å²) in [6.07, 6.45) is 0. The van der Waals surface area contributed by atoms with E-state index in [9.17, 15) is 14.4 Å². The third kappa shape index (κ3) is 3.91. The van der Waals surface area contributed by atoms with Gasteiger partial charge in [-0.15, -0.1) is 0 Å². The second kappa shape index (κ2) is 8.41. The van der Waals surface area contributed by atoms with Crippen molar-refractivity contribution in [2.45, 2.75) is 0 Å². The molecule has 1 aliphatic heterocycles. The van der Waals surface area contributed by atoms with E-state index in [0.717, 1.165) is 18.8 Å². The fourth-order valence-corrected chi connectivity index (χ4v) is 3.81. The molecule has 4 rings (SSSR count). The second-order valence-corrected chi connectivity index (χ2v) is 7.36. The zero-order valence-electron chi connectivity index (χ0n) is 16.9. The molecule has 1 aliphatic rings. The number of benzene rings is 2. The number of hydrogen-bond donors (Lipinski definition) is 1. The first-order valence-corrected chi connectivity index (χ1v) is 9.99. The largest absolute Gasteiger partial charge is 0.368 e. The summed E-state index contributed by atoms with van der Waals surface area (Å²) in [5.74, 6) is -0.538. The first-order valence-electron chi connectivity index (χ1n) is 9.99. The molecule has 2 amide bonds. The van der Waals surface area contributed by atoms with Crippen LogP contribution in [-0.4, -0.2) is 54.0 Å². The number of para-hydroxylation sites is 2. The number of carbonyl (C=O) groups is 2. The number of piperazine rings is 1. The predicted octanol–water partition coefficient (Wildman–Crippen LogP) is 1.62. The molecule has 7 nitrogen and oxygen atoms in total. The van der Waals surface area contributed by atoms with Crippen LogP contribution < -0.4 is 15.8 Å². The van der Waals surface area contributed by atoms with E-state index in [1.807, 2.05) is 30.3 Å². The molecule has 2 aromatic carbocycles. The van der Waals surface area contributed by atoms with Crippen LogP contribution >= 0.6 is 0 Å². The normalized spacial score (nSPS) is 14.0. The molecule has 1 N–H and O–H groups in total. The summed E-state index contributed by atoms with van der Waals surface area (Å²) in [6, 6.07) is 18.7. The average Bonchev–Trinajstić information content (AvgIpc) is 2.80. The van der Waals surface area contributed by atoms with Gasteiger partial charge in [0.2, 0.25) is 5.91 Å². The van der Waals surface area contributed by atoms with Crippen molar-refractivity contribution in [3.8, 4) is 0 Å². The van der Waals surface area contributed by atoms with Gasteiger partial charge >= 0.3 is 0 Å². The number of anilines is 1. The van der Waals surface area contributed by atoms with Crippen LogP contribution in [0.1, 0.15) is 10.4 Å². The number of rotatable bonds is 4. The van der Waals surface area contributed by atoms with Gasteiger partial charge in [0, 0.05) is 50.4 Å². The lowest BCUT2D eigenvalue weighted by atomic mass is 10.1. The number of nitrogens with one attached hydrogen (secondary N) is 1. The van der Waals surface area contributed by atoms with E-state index in [1.165, 1.54) is 10.6 Å². The maximum Gasteiger partial charge on any atom is 0.252 e. The van der Waals surface area contributed by atoms with Crippen molar-refractivity contribution in [2.24, 2.45) is 7.05 Å². The van der Waals surface area contributed by atoms with Gasteiger partial charge in [-0.25, -0.2) is 0 Å². The summed E-state index contributed by atoms with van der Waals surface area (Å²) in [6.45, 7) is 2.64. The SMILES string of the molecule is Cn1c(=O)cc(C(=O)NCC(=O)N2CCN(c3ccccc3)CC2)c2ccccc21. The number of fused-ring (bicyclic) bond motifs is 1. The Labute approximate surface area is 174 Å². The molecule has 30 heavy (non-hydrogen) atoms. The number of pyridine rings is 1. The molecule has 1 aromatic heterocycles. The van der Waals surface area contributed by atoms with E-state index in [-0.39, 0.29) is 23.6 Å². The molecule has 0 saturated carbocycles. The third-order valence-electron chi connectivity index (χ3n) is 5.55. The van der Waals surface area contributed by atoms with E-state index in [4.69, 9.17) is 0 Å². The molecule has 0 unspecified atom stereocenters. The number of amides is 2. The molecule has 1 saturated heterocycles. The number of carbonyl (C=O) groups excluding carboxylic acids is 2. The average molecular weight is 404 g/mol. The molecular weight excluding hydrogens is 380 g/mol. The van der Waals surface area contributed by atoms with Gasteiger partial charge in [-0.2, -0.15) is 0 Å². The first kappa shape index (κ1) is 19.7. The third-order valence-corrected chi connectivity index (χ3v) is 5.55. The molecular formula is C23H24N4O3. The van der Waals surface area contributed by atoms with Crippen LogP contribution in [0.15, 0.2) is 65.5 Å². The van der Waals surface area contributed by atoms with Crippen LogP contribution in [0, 0.1) is 0 Å². The number of nitrogens with zero attached hydrogens (tertiary/aromatic N) is 3. The quantitative estimate of drug-likeness (QED) is 0.717. The predicted molar refractivity (Wildman–Crippen MR) is 117 cm³/mol. The standard InChI is InChI=1S/C23H24N4O3/c1-25-20-10-6-5-9-18(20)19(15-21(25)28)23(30)24-16-22(29)27-13-11-26(12-14-27)17-7-3-2-4-8-17/h2-10,15H,11-14,16H2,1H3,(H,24,30). The van der Waals surface area contributed by atoms with Crippen LogP contribution in [0.4, 0.5) is 5.69 Å². The van der Waals surface area contributed by atoms with E-state index in [1.54, 1.807) is 24.1 Å². The fraction of sp³-hybridized carbons (Fsp3) is 0.261. The van der Waals surface area contributed by atoms with Crippen molar-refractivity contribution in [3.05, 3.63) is 76.6 Å². The summed E-state index contributed by atoms with van der Waals surface area (Å²) < 4.78 is 1.50. The van der Waals surface area contributed by atoms with E-state index in [0.29, 0.717) is 24.0 Å². The molecule has 1 fully saturated rings. The smallest absolute Gasteiger partial charge is 0.252 e. The molecule has 0 radical (unpaired) electrons. The van der Waals surface area contributed by atoms with Gasteiger partial charge in [-0.3, -0.25) is 14.4 Å². The van der Waals surface area contributed by atoms with Gasteiger partial charge < -0.3 is 19.7 Å². The lowest BCUT2D eigenvalue weighted by molar-refractivity contribution is -0.130. The Morgan fingerprint density at radius 1 is 0.933 bits per heavy atom. The highest BCUT2D eigenvalue weighted by molar-refractivity contribution is 6.06. The topological polar surface area (TPSA) is 74.6 Å². The van der Waals surface area contributed by atoms with Gasteiger partial charge in [0.15, 0.2) is 0 Å². The van der Waals surface area contributed by atoms with E-state index >= 15 is 0 Å². The lowest BCUT2D eigenvalue weighted by Crippen LogP contribution is -2.51. The van der Waals surface area contributed by atoms with Gasteiger partial charge in [-0.05, 0) is 18.2 Å². The highest BCUT2D eigenvalue weighted by Gasteiger charge is 2.22.